The molecule has 0 spiro atoms. The Kier molecular flexibility index (Phi) is 5.92. The van der Waals surface area contributed by atoms with Crippen molar-refractivity contribution in [1.82, 2.24) is 0 Å². The first-order valence-corrected chi connectivity index (χ1v) is 6.46. The average molecular weight is 286 g/mol. The number of nitrogens with two attached hydrogens (primary N) is 1. The molecule has 0 amide bonds. The Labute approximate surface area is 118 Å². The van der Waals surface area contributed by atoms with Crippen LogP contribution in [0.15, 0.2) is 23.4 Å². The van der Waals surface area contributed by atoms with E-state index in [0.717, 1.165) is 12.2 Å². The second-order valence-electron chi connectivity index (χ2n) is 4.21. The van der Waals surface area contributed by atoms with Gasteiger partial charge in [-0.3, -0.25) is 0 Å². The minimum Gasteiger partial charge on any atom is -0.409 e. The summed E-state index contributed by atoms with van der Waals surface area (Å²) in [7, 11) is 1.66. The molecule has 0 heterocycles. The Morgan fingerprint density at radius 1 is 1.58 bits per heavy atom. The first kappa shape index (κ1) is 15.6. The number of anilines is 1. The van der Waals surface area contributed by atoms with E-state index < -0.39 is 0 Å². The van der Waals surface area contributed by atoms with E-state index >= 15 is 0 Å². The number of benzene rings is 1. The van der Waals surface area contributed by atoms with Crippen LogP contribution in [0.5, 0.6) is 0 Å². The molecular formula is C13H20ClN3O2. The summed E-state index contributed by atoms with van der Waals surface area (Å²) in [4.78, 5) is 2.10. The van der Waals surface area contributed by atoms with E-state index in [0.29, 0.717) is 17.2 Å². The number of hydrogen-bond acceptors (Lipinski definition) is 4. The summed E-state index contributed by atoms with van der Waals surface area (Å²) in [6.07, 6.45) is 0. The minimum atomic E-state index is 0.00340. The first-order valence-electron chi connectivity index (χ1n) is 6.08. The Morgan fingerprint density at radius 2 is 2.26 bits per heavy atom. The van der Waals surface area contributed by atoms with E-state index in [1.54, 1.807) is 13.2 Å². The van der Waals surface area contributed by atoms with Crippen molar-refractivity contribution in [2.45, 2.75) is 19.9 Å². The van der Waals surface area contributed by atoms with Crippen LogP contribution in [-0.4, -0.2) is 37.3 Å². The molecule has 0 aliphatic heterocycles. The first-order chi connectivity index (χ1) is 9.06. The predicted molar refractivity (Wildman–Crippen MR) is 78.3 cm³/mol. The summed E-state index contributed by atoms with van der Waals surface area (Å²) in [5.41, 5.74) is 7.09. The van der Waals surface area contributed by atoms with Crippen molar-refractivity contribution in [2.24, 2.45) is 10.9 Å². The summed E-state index contributed by atoms with van der Waals surface area (Å²) < 4.78 is 5.18. The third-order valence-electron chi connectivity index (χ3n) is 2.95. The van der Waals surface area contributed by atoms with Crippen molar-refractivity contribution in [3.63, 3.8) is 0 Å². The van der Waals surface area contributed by atoms with E-state index in [1.165, 1.54) is 0 Å². The smallest absolute Gasteiger partial charge is 0.173 e. The molecule has 1 aromatic rings. The van der Waals surface area contributed by atoms with Gasteiger partial charge < -0.3 is 20.6 Å². The van der Waals surface area contributed by atoms with E-state index in [1.807, 2.05) is 26.0 Å². The van der Waals surface area contributed by atoms with E-state index in [-0.39, 0.29) is 11.9 Å². The number of oxime groups is 1. The van der Waals surface area contributed by atoms with Gasteiger partial charge in [-0.2, -0.15) is 0 Å². The molecule has 3 N–H and O–H groups in total. The predicted octanol–water partition coefficient (Wildman–Crippen LogP) is 2.30. The molecule has 1 unspecified atom stereocenters. The van der Waals surface area contributed by atoms with Crippen molar-refractivity contribution >= 4 is 23.1 Å². The van der Waals surface area contributed by atoms with E-state index in [2.05, 4.69) is 10.1 Å². The van der Waals surface area contributed by atoms with Gasteiger partial charge in [0.05, 0.1) is 17.2 Å². The van der Waals surface area contributed by atoms with Crippen LogP contribution in [0.3, 0.4) is 0 Å². The number of halogens is 1. The Bertz CT molecular complexity index is 452. The van der Waals surface area contributed by atoms with E-state index in [4.69, 9.17) is 27.3 Å². The highest BCUT2D eigenvalue weighted by Gasteiger charge is 2.20. The Hall–Kier alpha value is -1.46. The lowest BCUT2D eigenvalue weighted by atomic mass is 10.1. The molecule has 6 heteroatoms. The third kappa shape index (κ3) is 3.52. The lowest BCUT2D eigenvalue weighted by Crippen LogP contribution is -2.37. The van der Waals surface area contributed by atoms with Gasteiger partial charge in [0.15, 0.2) is 5.84 Å². The SMILES string of the molecule is CCN(c1cccc(Cl)c1C(N)=NO)C(C)COC. The topological polar surface area (TPSA) is 71.1 Å². The van der Waals surface area contributed by atoms with Crippen LogP contribution in [0.1, 0.15) is 19.4 Å². The second kappa shape index (κ2) is 7.21. The van der Waals surface area contributed by atoms with Crippen LogP contribution in [-0.2, 0) is 4.74 Å². The fraction of sp³-hybridized carbons (Fsp3) is 0.462. The number of amidine groups is 1. The molecule has 1 atom stereocenters. The summed E-state index contributed by atoms with van der Waals surface area (Å²) in [5.74, 6) is 0.00340. The van der Waals surface area contributed by atoms with Gasteiger partial charge in [-0.25, -0.2) is 0 Å². The van der Waals surface area contributed by atoms with Crippen LogP contribution in [0.2, 0.25) is 5.02 Å². The zero-order valence-electron chi connectivity index (χ0n) is 11.4. The molecule has 0 aliphatic rings. The molecule has 19 heavy (non-hydrogen) atoms. The normalized spacial score (nSPS) is 13.4. The summed E-state index contributed by atoms with van der Waals surface area (Å²) in [5, 5.41) is 12.4. The number of likely N-dealkylation sites (N-methyl/N-ethyl adjacent to an activating group) is 1. The van der Waals surface area contributed by atoms with Crippen LogP contribution in [0.4, 0.5) is 5.69 Å². The third-order valence-corrected chi connectivity index (χ3v) is 3.26. The Morgan fingerprint density at radius 3 is 2.79 bits per heavy atom. The van der Waals surface area contributed by atoms with Gasteiger partial charge in [-0.15, -0.1) is 0 Å². The number of ether oxygens (including phenoxy) is 1. The minimum absolute atomic E-state index is 0.00340. The van der Waals surface area contributed by atoms with E-state index in [9.17, 15) is 0 Å². The average Bonchev–Trinajstić information content (AvgIpc) is 2.39. The summed E-state index contributed by atoms with van der Waals surface area (Å²) >= 11 is 6.16. The molecule has 106 valence electrons. The zero-order chi connectivity index (χ0) is 14.4. The summed E-state index contributed by atoms with van der Waals surface area (Å²) in [6.45, 7) is 5.42. The molecule has 1 rings (SSSR count). The van der Waals surface area contributed by atoms with Crippen LogP contribution in [0.25, 0.3) is 0 Å². The largest absolute Gasteiger partial charge is 0.409 e. The highest BCUT2D eigenvalue weighted by atomic mass is 35.5. The highest BCUT2D eigenvalue weighted by Crippen LogP contribution is 2.28. The van der Waals surface area contributed by atoms with Gasteiger partial charge in [-0.1, -0.05) is 22.8 Å². The molecule has 0 saturated heterocycles. The van der Waals surface area contributed by atoms with Crippen LogP contribution in [0, 0.1) is 0 Å². The van der Waals surface area contributed by atoms with Gasteiger partial charge in [0.25, 0.3) is 0 Å². The molecule has 1 aromatic carbocycles. The van der Waals surface area contributed by atoms with Gasteiger partial charge in [0, 0.05) is 25.4 Å². The molecule has 0 bridgehead atoms. The fourth-order valence-electron chi connectivity index (χ4n) is 2.11. The second-order valence-corrected chi connectivity index (χ2v) is 4.62. The number of hydrogen-bond donors (Lipinski definition) is 2. The molecule has 5 nitrogen and oxygen atoms in total. The maximum absolute atomic E-state index is 8.89. The fourth-order valence-corrected chi connectivity index (χ4v) is 2.37. The van der Waals surface area contributed by atoms with Gasteiger partial charge in [0.2, 0.25) is 0 Å². The van der Waals surface area contributed by atoms with Crippen molar-refractivity contribution in [3.05, 3.63) is 28.8 Å². The molecule has 0 aromatic heterocycles. The van der Waals surface area contributed by atoms with Crippen LogP contribution >= 0.6 is 11.6 Å². The molecule has 0 saturated carbocycles. The number of methoxy groups -OCH3 is 1. The van der Waals surface area contributed by atoms with Gasteiger partial charge in [-0.05, 0) is 26.0 Å². The molecule has 0 radical (unpaired) electrons. The number of nitrogens with zero attached hydrogens (tertiary/aromatic N) is 2. The van der Waals surface area contributed by atoms with Crippen molar-refractivity contribution in [3.8, 4) is 0 Å². The zero-order valence-corrected chi connectivity index (χ0v) is 12.2. The Balaban J connectivity index is 3.27. The molecular weight excluding hydrogens is 266 g/mol. The lowest BCUT2D eigenvalue weighted by Gasteiger charge is -2.31. The molecule has 0 fully saturated rings. The highest BCUT2D eigenvalue weighted by molar-refractivity contribution is 6.34. The standard InChI is InChI=1S/C13H20ClN3O2/c1-4-17(9(2)8-19-3)11-7-5-6-10(14)12(11)13(15)16-18/h5-7,9,18H,4,8H2,1-3H3,(H2,15,16). The monoisotopic (exact) mass is 285 g/mol. The maximum atomic E-state index is 8.89. The van der Waals surface area contributed by atoms with Gasteiger partial charge in [0.1, 0.15) is 0 Å². The van der Waals surface area contributed by atoms with Crippen molar-refractivity contribution in [1.29, 1.82) is 0 Å². The van der Waals surface area contributed by atoms with Crippen molar-refractivity contribution in [2.75, 3.05) is 25.2 Å². The van der Waals surface area contributed by atoms with Gasteiger partial charge >= 0.3 is 0 Å². The van der Waals surface area contributed by atoms with Crippen LogP contribution < -0.4 is 10.6 Å². The van der Waals surface area contributed by atoms with Crippen molar-refractivity contribution < 1.29 is 9.94 Å². The number of rotatable bonds is 6. The summed E-state index contributed by atoms with van der Waals surface area (Å²) in [6, 6.07) is 5.61. The lowest BCUT2D eigenvalue weighted by molar-refractivity contribution is 0.182. The quantitative estimate of drug-likeness (QED) is 0.364. The molecule has 0 aliphatic carbocycles. The maximum Gasteiger partial charge on any atom is 0.173 e.